The van der Waals surface area contributed by atoms with E-state index in [0.717, 1.165) is 41.7 Å². The van der Waals surface area contributed by atoms with Crippen molar-refractivity contribution >= 4 is 50.6 Å². The molecule has 7 nitrogen and oxygen atoms in total. The maximum absolute atomic E-state index is 11.6. The maximum Gasteiger partial charge on any atom is 0.248 e. The van der Waals surface area contributed by atoms with Crippen LogP contribution < -0.4 is 21.1 Å². The molecule has 2 aromatic heterocycles. The second kappa shape index (κ2) is 7.90. The molecule has 1 aliphatic rings. The molecule has 0 spiro atoms. The topological polar surface area (TPSA) is 102 Å². The van der Waals surface area contributed by atoms with Crippen LogP contribution >= 0.6 is 22.9 Å². The standard InChI is InChI=1S/C19H20ClN5O2S/c1-10-15-18(23-9-24-19(15)28-16(10)20)25-13-3-2-11(17(21)26)8-14(13)27-12-4-6-22-7-5-12/h2-3,8-9,12,22H,4-7H2,1H3,(H2,21,26)(H,23,24,25). The number of amides is 1. The van der Waals surface area contributed by atoms with Crippen molar-refractivity contribution in [1.82, 2.24) is 15.3 Å². The second-order valence-corrected chi connectivity index (χ2v) is 8.27. The van der Waals surface area contributed by atoms with Gasteiger partial charge in [0.2, 0.25) is 5.91 Å². The zero-order valence-electron chi connectivity index (χ0n) is 15.3. The molecule has 3 aromatic rings. The number of nitrogens with one attached hydrogen (secondary N) is 2. The summed E-state index contributed by atoms with van der Waals surface area (Å²) < 4.78 is 6.91. The first-order valence-corrected chi connectivity index (χ1v) is 10.2. The summed E-state index contributed by atoms with van der Waals surface area (Å²) in [5.74, 6) is 0.730. The van der Waals surface area contributed by atoms with Gasteiger partial charge in [-0.05, 0) is 56.6 Å². The first kappa shape index (κ1) is 18.9. The number of carbonyl (C=O) groups excluding carboxylic acids is 1. The molecule has 4 rings (SSSR count). The zero-order valence-corrected chi connectivity index (χ0v) is 16.9. The molecule has 1 fully saturated rings. The summed E-state index contributed by atoms with van der Waals surface area (Å²) in [6.45, 7) is 3.75. The molecule has 0 radical (unpaired) electrons. The van der Waals surface area contributed by atoms with Crippen LogP contribution in [0.25, 0.3) is 10.2 Å². The summed E-state index contributed by atoms with van der Waals surface area (Å²) in [4.78, 5) is 21.1. The largest absolute Gasteiger partial charge is 0.488 e. The van der Waals surface area contributed by atoms with E-state index < -0.39 is 5.91 Å². The Morgan fingerprint density at radius 1 is 1.36 bits per heavy atom. The first-order valence-electron chi connectivity index (χ1n) is 9.01. The second-order valence-electron chi connectivity index (χ2n) is 6.67. The molecular formula is C19H20ClN5O2S. The van der Waals surface area contributed by atoms with Gasteiger partial charge in [-0.2, -0.15) is 0 Å². The van der Waals surface area contributed by atoms with Gasteiger partial charge in [0.05, 0.1) is 15.4 Å². The fourth-order valence-electron chi connectivity index (χ4n) is 3.24. The molecule has 0 unspecified atom stereocenters. The molecule has 0 aliphatic carbocycles. The summed E-state index contributed by atoms with van der Waals surface area (Å²) in [6, 6.07) is 5.14. The van der Waals surface area contributed by atoms with Crippen LogP contribution in [0.15, 0.2) is 24.5 Å². The fraction of sp³-hybridized carbons (Fsp3) is 0.316. The molecule has 146 valence electrons. The van der Waals surface area contributed by atoms with Crippen molar-refractivity contribution in [2.45, 2.75) is 25.9 Å². The Balaban J connectivity index is 1.71. The van der Waals surface area contributed by atoms with Gasteiger partial charge in [-0.3, -0.25) is 4.79 Å². The van der Waals surface area contributed by atoms with Gasteiger partial charge in [0.1, 0.15) is 28.8 Å². The number of piperidine rings is 1. The normalized spacial score (nSPS) is 14.9. The number of hydrogen-bond donors (Lipinski definition) is 3. The van der Waals surface area contributed by atoms with Crippen molar-refractivity contribution < 1.29 is 9.53 Å². The van der Waals surface area contributed by atoms with Gasteiger partial charge < -0.3 is 21.1 Å². The van der Waals surface area contributed by atoms with Crippen molar-refractivity contribution in [3.05, 3.63) is 40.0 Å². The lowest BCUT2D eigenvalue weighted by atomic mass is 10.1. The molecule has 3 heterocycles. The highest BCUT2D eigenvalue weighted by Gasteiger charge is 2.19. The van der Waals surface area contributed by atoms with E-state index in [2.05, 4.69) is 20.6 Å². The third-order valence-corrected chi connectivity index (χ3v) is 6.27. The minimum atomic E-state index is -0.494. The SMILES string of the molecule is Cc1c(Cl)sc2ncnc(Nc3ccc(C(N)=O)cc3OC3CCNCC3)c12. The summed E-state index contributed by atoms with van der Waals surface area (Å²) in [7, 11) is 0. The van der Waals surface area contributed by atoms with Crippen molar-refractivity contribution in [2.24, 2.45) is 5.73 Å². The molecule has 0 saturated carbocycles. The van der Waals surface area contributed by atoms with Gasteiger partial charge in [-0.1, -0.05) is 11.6 Å². The average molecular weight is 418 g/mol. The molecule has 1 aromatic carbocycles. The van der Waals surface area contributed by atoms with Gasteiger partial charge in [0.25, 0.3) is 0 Å². The van der Waals surface area contributed by atoms with E-state index in [9.17, 15) is 4.79 Å². The predicted octanol–water partition coefficient (Wildman–Crippen LogP) is 3.63. The number of nitrogens with two attached hydrogens (primary N) is 1. The van der Waals surface area contributed by atoms with Gasteiger partial charge >= 0.3 is 0 Å². The highest BCUT2D eigenvalue weighted by molar-refractivity contribution is 7.22. The summed E-state index contributed by atoms with van der Waals surface area (Å²) >= 11 is 7.70. The van der Waals surface area contributed by atoms with Crippen LogP contribution in [0.2, 0.25) is 4.34 Å². The van der Waals surface area contributed by atoms with Crippen LogP contribution in [0.3, 0.4) is 0 Å². The van der Waals surface area contributed by atoms with E-state index in [4.69, 9.17) is 22.1 Å². The van der Waals surface area contributed by atoms with Crippen molar-refractivity contribution in [1.29, 1.82) is 0 Å². The third kappa shape index (κ3) is 3.76. The molecule has 1 amide bonds. The minimum Gasteiger partial charge on any atom is -0.488 e. The van der Waals surface area contributed by atoms with Crippen LogP contribution in [-0.4, -0.2) is 35.1 Å². The monoisotopic (exact) mass is 417 g/mol. The number of thiophene rings is 1. The van der Waals surface area contributed by atoms with Gasteiger partial charge in [-0.25, -0.2) is 9.97 Å². The van der Waals surface area contributed by atoms with E-state index >= 15 is 0 Å². The predicted molar refractivity (Wildman–Crippen MR) is 112 cm³/mol. The van der Waals surface area contributed by atoms with Crippen LogP contribution in [0.1, 0.15) is 28.8 Å². The maximum atomic E-state index is 11.6. The Morgan fingerprint density at radius 2 is 2.14 bits per heavy atom. The highest BCUT2D eigenvalue weighted by Crippen LogP contribution is 2.38. The van der Waals surface area contributed by atoms with Crippen molar-refractivity contribution in [3.8, 4) is 5.75 Å². The number of rotatable bonds is 5. The molecule has 1 aliphatic heterocycles. The molecule has 0 atom stereocenters. The van der Waals surface area contributed by atoms with Gasteiger partial charge in [0, 0.05) is 5.56 Å². The van der Waals surface area contributed by atoms with E-state index in [-0.39, 0.29) is 6.10 Å². The first-order chi connectivity index (χ1) is 13.5. The Hall–Kier alpha value is -2.42. The molecule has 1 saturated heterocycles. The van der Waals surface area contributed by atoms with E-state index in [1.807, 2.05) is 6.92 Å². The number of nitrogens with zero attached hydrogens (tertiary/aromatic N) is 2. The Morgan fingerprint density at radius 3 is 2.89 bits per heavy atom. The molecule has 28 heavy (non-hydrogen) atoms. The van der Waals surface area contributed by atoms with Gasteiger partial charge in [-0.15, -0.1) is 11.3 Å². The highest BCUT2D eigenvalue weighted by atomic mass is 35.5. The van der Waals surface area contributed by atoms with E-state index in [1.54, 1.807) is 18.2 Å². The lowest BCUT2D eigenvalue weighted by Gasteiger charge is -2.25. The van der Waals surface area contributed by atoms with Gasteiger partial charge in [0.15, 0.2) is 0 Å². The molecule has 4 N–H and O–H groups in total. The number of aromatic nitrogens is 2. The Kier molecular flexibility index (Phi) is 5.34. The van der Waals surface area contributed by atoms with E-state index in [1.165, 1.54) is 17.7 Å². The quantitative estimate of drug-likeness (QED) is 0.585. The van der Waals surface area contributed by atoms with Crippen molar-refractivity contribution in [2.75, 3.05) is 18.4 Å². The lowest BCUT2D eigenvalue weighted by molar-refractivity contribution is 0.0999. The number of benzene rings is 1. The number of primary amides is 1. The summed E-state index contributed by atoms with van der Waals surface area (Å²) in [5, 5.41) is 7.52. The zero-order chi connectivity index (χ0) is 19.7. The van der Waals surface area contributed by atoms with Crippen molar-refractivity contribution in [3.63, 3.8) is 0 Å². The Bertz CT molecular complexity index is 1030. The fourth-order valence-corrected chi connectivity index (χ4v) is 4.43. The molecule has 0 bridgehead atoms. The third-order valence-electron chi connectivity index (χ3n) is 4.77. The van der Waals surface area contributed by atoms with Crippen LogP contribution in [0.4, 0.5) is 11.5 Å². The van der Waals surface area contributed by atoms with Crippen LogP contribution in [-0.2, 0) is 0 Å². The summed E-state index contributed by atoms with van der Waals surface area (Å²) in [6.07, 6.45) is 3.38. The minimum absolute atomic E-state index is 0.0765. The number of ether oxygens (including phenoxy) is 1. The summed E-state index contributed by atoms with van der Waals surface area (Å²) in [5.41, 5.74) is 7.50. The number of fused-ring (bicyclic) bond motifs is 1. The lowest BCUT2D eigenvalue weighted by Crippen LogP contribution is -2.34. The van der Waals surface area contributed by atoms with Crippen LogP contribution in [0.5, 0.6) is 5.75 Å². The number of halogens is 1. The number of hydrogen-bond acceptors (Lipinski definition) is 7. The number of aryl methyl sites for hydroxylation is 1. The van der Waals surface area contributed by atoms with E-state index in [0.29, 0.717) is 27.2 Å². The Labute approximate surface area is 171 Å². The average Bonchev–Trinajstić information content (AvgIpc) is 2.98. The number of carbonyl (C=O) groups is 1. The molecule has 9 heteroatoms. The smallest absolute Gasteiger partial charge is 0.248 e. The molecular weight excluding hydrogens is 398 g/mol. The van der Waals surface area contributed by atoms with Crippen LogP contribution in [0, 0.1) is 6.92 Å². The number of anilines is 2.